The lowest BCUT2D eigenvalue weighted by atomic mass is 10.0. The molecular formula is C12H17N3O2. The SMILES string of the molecule is C=C1CC(C)=NC(N2CCCCC2)=C1[N+](=O)[O-]. The Hall–Kier alpha value is -1.65. The van der Waals surface area contributed by atoms with E-state index in [9.17, 15) is 10.1 Å². The van der Waals surface area contributed by atoms with Gasteiger partial charge in [-0.1, -0.05) is 6.58 Å². The molecule has 0 bridgehead atoms. The summed E-state index contributed by atoms with van der Waals surface area (Å²) >= 11 is 0. The topological polar surface area (TPSA) is 58.7 Å². The molecule has 2 aliphatic heterocycles. The van der Waals surface area contributed by atoms with Crippen LogP contribution in [0, 0.1) is 10.1 Å². The van der Waals surface area contributed by atoms with Crippen molar-refractivity contribution in [2.75, 3.05) is 13.1 Å². The fourth-order valence-electron chi connectivity index (χ4n) is 2.36. The molecule has 0 saturated carbocycles. The molecule has 1 saturated heterocycles. The number of nitro groups is 1. The van der Waals surface area contributed by atoms with Crippen LogP contribution in [0.15, 0.2) is 28.7 Å². The molecule has 0 aromatic rings. The number of aliphatic imine (C=N–C) groups is 1. The molecule has 5 nitrogen and oxygen atoms in total. The molecule has 0 aromatic carbocycles. The molecule has 17 heavy (non-hydrogen) atoms. The molecule has 1 fully saturated rings. The number of nitrogens with zero attached hydrogens (tertiary/aromatic N) is 3. The van der Waals surface area contributed by atoms with E-state index in [4.69, 9.17) is 0 Å². The van der Waals surface area contributed by atoms with Crippen molar-refractivity contribution < 1.29 is 4.92 Å². The van der Waals surface area contributed by atoms with Crippen molar-refractivity contribution in [1.29, 1.82) is 0 Å². The Morgan fingerprint density at radius 1 is 1.35 bits per heavy atom. The molecule has 0 unspecified atom stereocenters. The zero-order valence-electron chi connectivity index (χ0n) is 10.1. The van der Waals surface area contributed by atoms with Gasteiger partial charge in [-0.05, 0) is 26.2 Å². The van der Waals surface area contributed by atoms with Crippen molar-refractivity contribution in [3.05, 3.63) is 33.8 Å². The summed E-state index contributed by atoms with van der Waals surface area (Å²) in [6, 6.07) is 0. The van der Waals surface area contributed by atoms with Crippen LogP contribution in [0.2, 0.25) is 0 Å². The lowest BCUT2D eigenvalue weighted by Crippen LogP contribution is -2.32. The predicted molar refractivity (Wildman–Crippen MR) is 66.3 cm³/mol. The summed E-state index contributed by atoms with van der Waals surface area (Å²) in [5.74, 6) is 0.517. The van der Waals surface area contributed by atoms with E-state index in [1.165, 1.54) is 6.42 Å². The Labute approximate surface area is 101 Å². The van der Waals surface area contributed by atoms with Gasteiger partial charge >= 0.3 is 5.70 Å². The minimum Gasteiger partial charge on any atom is -0.351 e. The maximum absolute atomic E-state index is 11.1. The van der Waals surface area contributed by atoms with E-state index in [2.05, 4.69) is 11.6 Å². The molecule has 0 radical (unpaired) electrons. The monoisotopic (exact) mass is 235 g/mol. The van der Waals surface area contributed by atoms with Crippen LogP contribution in [0.25, 0.3) is 0 Å². The molecule has 2 aliphatic rings. The minimum absolute atomic E-state index is 0.109. The molecule has 0 N–H and O–H groups in total. The molecule has 5 heteroatoms. The van der Waals surface area contributed by atoms with E-state index in [-0.39, 0.29) is 10.6 Å². The van der Waals surface area contributed by atoms with Crippen molar-refractivity contribution in [2.24, 2.45) is 4.99 Å². The average molecular weight is 235 g/mol. The van der Waals surface area contributed by atoms with Gasteiger partial charge in [0.2, 0.25) is 5.82 Å². The quantitative estimate of drug-likeness (QED) is 0.545. The van der Waals surface area contributed by atoms with Gasteiger partial charge in [-0.25, -0.2) is 4.99 Å². The fourth-order valence-corrected chi connectivity index (χ4v) is 2.36. The van der Waals surface area contributed by atoms with Crippen LogP contribution in [-0.4, -0.2) is 28.6 Å². The summed E-state index contributed by atoms with van der Waals surface area (Å²) in [7, 11) is 0. The van der Waals surface area contributed by atoms with Crippen LogP contribution < -0.4 is 0 Å². The highest BCUT2D eigenvalue weighted by Gasteiger charge is 2.30. The Bertz CT molecular complexity index is 417. The van der Waals surface area contributed by atoms with Crippen LogP contribution in [0.1, 0.15) is 32.6 Å². The first kappa shape index (κ1) is 11.8. The molecule has 0 aromatic heterocycles. The largest absolute Gasteiger partial charge is 0.351 e. The third-order valence-electron chi connectivity index (χ3n) is 3.15. The van der Waals surface area contributed by atoms with Gasteiger partial charge in [0.15, 0.2) is 0 Å². The molecule has 0 spiro atoms. The molecule has 92 valence electrons. The molecule has 0 aliphatic carbocycles. The number of allylic oxidation sites excluding steroid dienone is 1. The Balaban J connectivity index is 2.39. The van der Waals surface area contributed by atoms with Gasteiger partial charge in [0.05, 0.1) is 4.92 Å². The zero-order chi connectivity index (χ0) is 12.4. The van der Waals surface area contributed by atoms with Crippen LogP contribution in [0.3, 0.4) is 0 Å². The van der Waals surface area contributed by atoms with Crippen molar-refractivity contribution in [3.8, 4) is 0 Å². The second kappa shape index (κ2) is 4.69. The van der Waals surface area contributed by atoms with Gasteiger partial charge < -0.3 is 4.90 Å². The molecule has 0 atom stereocenters. The van der Waals surface area contributed by atoms with Gasteiger partial charge in [-0.2, -0.15) is 0 Å². The second-order valence-corrected chi connectivity index (χ2v) is 4.60. The Kier molecular flexibility index (Phi) is 3.26. The van der Waals surface area contributed by atoms with Crippen LogP contribution in [0.5, 0.6) is 0 Å². The van der Waals surface area contributed by atoms with Gasteiger partial charge in [-0.15, -0.1) is 0 Å². The summed E-state index contributed by atoms with van der Waals surface area (Å²) in [5.41, 5.74) is 1.58. The van der Waals surface area contributed by atoms with Gasteiger partial charge in [0, 0.05) is 30.8 Å². The van der Waals surface area contributed by atoms with Crippen LogP contribution in [0.4, 0.5) is 0 Å². The van der Waals surface area contributed by atoms with Crippen molar-refractivity contribution >= 4 is 5.71 Å². The number of hydrogen-bond acceptors (Lipinski definition) is 4. The summed E-state index contributed by atoms with van der Waals surface area (Å²) in [6.45, 7) is 7.42. The van der Waals surface area contributed by atoms with E-state index >= 15 is 0 Å². The summed E-state index contributed by atoms with van der Waals surface area (Å²) in [5, 5.41) is 11.1. The third-order valence-corrected chi connectivity index (χ3v) is 3.15. The second-order valence-electron chi connectivity index (χ2n) is 4.60. The number of rotatable bonds is 2. The van der Waals surface area contributed by atoms with E-state index in [0.717, 1.165) is 31.6 Å². The minimum atomic E-state index is -0.345. The normalized spacial score (nSPS) is 21.6. The lowest BCUT2D eigenvalue weighted by molar-refractivity contribution is -0.423. The van der Waals surface area contributed by atoms with E-state index < -0.39 is 0 Å². The highest BCUT2D eigenvalue weighted by Crippen LogP contribution is 2.28. The smallest absolute Gasteiger partial charge is 0.314 e. The van der Waals surface area contributed by atoms with E-state index in [1.807, 2.05) is 11.8 Å². The zero-order valence-corrected chi connectivity index (χ0v) is 10.1. The first-order chi connectivity index (χ1) is 8.09. The van der Waals surface area contributed by atoms with E-state index in [0.29, 0.717) is 17.8 Å². The maximum Gasteiger partial charge on any atom is 0.314 e. The van der Waals surface area contributed by atoms with Gasteiger partial charge in [0.25, 0.3) is 0 Å². The van der Waals surface area contributed by atoms with Gasteiger partial charge in [-0.3, -0.25) is 10.1 Å². The highest BCUT2D eigenvalue weighted by molar-refractivity contribution is 5.87. The fraction of sp³-hybridized carbons (Fsp3) is 0.583. The first-order valence-corrected chi connectivity index (χ1v) is 5.95. The maximum atomic E-state index is 11.1. The summed E-state index contributed by atoms with van der Waals surface area (Å²) in [6.07, 6.45) is 3.86. The van der Waals surface area contributed by atoms with Crippen molar-refractivity contribution in [2.45, 2.75) is 32.6 Å². The van der Waals surface area contributed by atoms with E-state index in [1.54, 1.807) is 0 Å². The predicted octanol–water partition coefficient (Wildman–Crippen LogP) is 2.34. The molecule has 2 heterocycles. The lowest BCUT2D eigenvalue weighted by Gasteiger charge is -2.30. The first-order valence-electron chi connectivity index (χ1n) is 5.95. The average Bonchev–Trinajstić information content (AvgIpc) is 2.28. The molecule has 2 rings (SSSR count). The van der Waals surface area contributed by atoms with Crippen LogP contribution >= 0.6 is 0 Å². The molecular weight excluding hydrogens is 218 g/mol. The highest BCUT2D eigenvalue weighted by atomic mass is 16.6. The molecule has 0 amide bonds. The van der Waals surface area contributed by atoms with Gasteiger partial charge in [0.1, 0.15) is 0 Å². The Morgan fingerprint density at radius 2 is 2.00 bits per heavy atom. The van der Waals surface area contributed by atoms with Crippen LogP contribution in [-0.2, 0) is 0 Å². The number of hydrogen-bond donors (Lipinski definition) is 0. The summed E-state index contributed by atoms with van der Waals surface area (Å²) < 4.78 is 0. The number of likely N-dealkylation sites (tertiary alicyclic amines) is 1. The third kappa shape index (κ3) is 2.38. The Morgan fingerprint density at radius 3 is 2.59 bits per heavy atom. The number of piperidine rings is 1. The standard InChI is InChI=1S/C12H17N3O2/c1-9-8-10(2)13-12(11(9)15(16)17)14-6-4-3-5-7-14/h1,3-8H2,2H3. The summed E-state index contributed by atoms with van der Waals surface area (Å²) in [4.78, 5) is 17.2. The van der Waals surface area contributed by atoms with Crippen molar-refractivity contribution in [1.82, 2.24) is 4.90 Å². The van der Waals surface area contributed by atoms with Crippen molar-refractivity contribution in [3.63, 3.8) is 0 Å².